The Morgan fingerprint density at radius 3 is 2.64 bits per heavy atom. The van der Waals surface area contributed by atoms with Gasteiger partial charge in [-0.15, -0.1) is 0 Å². The van der Waals surface area contributed by atoms with E-state index in [-0.39, 0.29) is 11.9 Å². The van der Waals surface area contributed by atoms with E-state index in [1.165, 1.54) is 12.1 Å². The maximum atomic E-state index is 13.0. The number of ether oxygens (including phenoxy) is 1. The summed E-state index contributed by atoms with van der Waals surface area (Å²) in [5.74, 6) is -1.10. The lowest BCUT2D eigenvalue weighted by atomic mass is 9.75. The van der Waals surface area contributed by atoms with Crippen molar-refractivity contribution in [2.45, 2.75) is 31.8 Å². The maximum Gasteiger partial charge on any atom is 0.309 e. The largest absolute Gasteiger partial charge is 0.481 e. The summed E-state index contributed by atoms with van der Waals surface area (Å²) < 4.78 is 18.2. The predicted molar refractivity (Wildman–Crippen MR) is 77.2 cm³/mol. The normalized spacial score (nSPS) is 23.7. The van der Waals surface area contributed by atoms with E-state index in [2.05, 4.69) is 5.16 Å². The van der Waals surface area contributed by atoms with Crippen LogP contribution in [0.3, 0.4) is 0 Å². The smallest absolute Gasteiger partial charge is 0.309 e. The fraction of sp³-hybridized carbons (Fsp3) is 0.500. The van der Waals surface area contributed by atoms with Crippen LogP contribution in [0.4, 0.5) is 4.39 Å². The average Bonchev–Trinajstić information content (AvgIpc) is 2.97. The van der Waals surface area contributed by atoms with E-state index in [1.54, 1.807) is 12.1 Å². The van der Waals surface area contributed by atoms with Gasteiger partial charge in [0.1, 0.15) is 11.9 Å². The monoisotopic (exact) mass is 307 g/mol. The van der Waals surface area contributed by atoms with Crippen molar-refractivity contribution in [2.75, 3.05) is 13.2 Å². The van der Waals surface area contributed by atoms with Gasteiger partial charge in [-0.05, 0) is 30.5 Å². The molecule has 5 nitrogen and oxygen atoms in total. The number of halogens is 1. The summed E-state index contributed by atoms with van der Waals surface area (Å²) in [5.41, 5.74) is 0.745. The van der Waals surface area contributed by atoms with Crippen LogP contribution in [0.1, 0.15) is 31.2 Å². The van der Waals surface area contributed by atoms with Gasteiger partial charge in [0.2, 0.25) is 0 Å². The van der Waals surface area contributed by atoms with Gasteiger partial charge in [-0.1, -0.05) is 17.3 Å². The Kier molecular flexibility index (Phi) is 4.11. The van der Waals surface area contributed by atoms with Gasteiger partial charge in [0.05, 0.1) is 11.1 Å². The summed E-state index contributed by atoms with van der Waals surface area (Å²) in [6.07, 6.45) is 1.69. The molecule has 1 aromatic carbocycles. The second kappa shape index (κ2) is 6.04. The summed E-state index contributed by atoms with van der Waals surface area (Å²) in [4.78, 5) is 17.1. The highest BCUT2D eigenvalue weighted by Gasteiger charge is 2.43. The molecule has 0 aliphatic carbocycles. The van der Waals surface area contributed by atoms with Crippen LogP contribution in [-0.4, -0.2) is 36.1 Å². The van der Waals surface area contributed by atoms with E-state index in [9.17, 15) is 14.3 Å². The van der Waals surface area contributed by atoms with Gasteiger partial charge in [0.25, 0.3) is 0 Å². The second-order valence-corrected chi connectivity index (χ2v) is 5.88. The molecule has 1 atom stereocenters. The Labute approximate surface area is 127 Å². The lowest BCUT2D eigenvalue weighted by molar-refractivity contribution is -0.158. The predicted octanol–water partition coefficient (Wildman–Crippen LogP) is 2.59. The number of carboxylic acids is 1. The van der Waals surface area contributed by atoms with Gasteiger partial charge < -0.3 is 14.7 Å². The Hall–Kier alpha value is -1.95. The molecule has 0 aromatic heterocycles. The van der Waals surface area contributed by atoms with Crippen molar-refractivity contribution in [1.82, 2.24) is 0 Å². The first-order valence-corrected chi connectivity index (χ1v) is 7.39. The fourth-order valence-electron chi connectivity index (χ4n) is 3.05. The molecule has 2 heterocycles. The quantitative estimate of drug-likeness (QED) is 0.928. The van der Waals surface area contributed by atoms with Crippen molar-refractivity contribution >= 4 is 11.7 Å². The van der Waals surface area contributed by atoms with E-state index in [0.29, 0.717) is 38.9 Å². The van der Waals surface area contributed by atoms with Crippen molar-refractivity contribution in [1.29, 1.82) is 0 Å². The van der Waals surface area contributed by atoms with Gasteiger partial charge in [0, 0.05) is 26.1 Å². The summed E-state index contributed by atoms with van der Waals surface area (Å²) in [5, 5.41) is 13.6. The molecule has 6 heteroatoms. The first-order valence-electron chi connectivity index (χ1n) is 7.39. The zero-order valence-electron chi connectivity index (χ0n) is 12.1. The number of benzene rings is 1. The Bertz CT molecular complexity index is 578. The van der Waals surface area contributed by atoms with Crippen LogP contribution in [0.25, 0.3) is 0 Å². The van der Waals surface area contributed by atoms with Gasteiger partial charge in [-0.3, -0.25) is 4.79 Å². The number of carboxylic acid groups (broad SMARTS) is 1. The van der Waals surface area contributed by atoms with E-state index < -0.39 is 11.4 Å². The lowest BCUT2D eigenvalue weighted by Gasteiger charge is -2.34. The lowest BCUT2D eigenvalue weighted by Crippen LogP contribution is -2.40. The average molecular weight is 307 g/mol. The van der Waals surface area contributed by atoms with Crippen LogP contribution in [0.5, 0.6) is 0 Å². The molecule has 1 N–H and O–H groups in total. The SMILES string of the molecule is O=C(O)C1(C[C@H]2CC(c3ccc(F)cc3)=NO2)CCOCC1. The highest BCUT2D eigenvalue weighted by atomic mass is 19.1. The summed E-state index contributed by atoms with van der Waals surface area (Å²) in [7, 11) is 0. The molecule has 0 saturated carbocycles. The molecule has 0 bridgehead atoms. The highest BCUT2D eigenvalue weighted by Crippen LogP contribution is 2.38. The number of carbonyl (C=O) groups is 1. The first kappa shape index (κ1) is 15.0. The number of rotatable bonds is 4. The van der Waals surface area contributed by atoms with Crippen LogP contribution in [-0.2, 0) is 14.4 Å². The van der Waals surface area contributed by atoms with Crippen LogP contribution in [0, 0.1) is 11.2 Å². The topological polar surface area (TPSA) is 68.1 Å². The molecule has 2 aliphatic heterocycles. The number of oxime groups is 1. The molecule has 1 aromatic rings. The van der Waals surface area contributed by atoms with Gasteiger partial charge in [-0.2, -0.15) is 0 Å². The first-order chi connectivity index (χ1) is 10.6. The second-order valence-electron chi connectivity index (χ2n) is 5.88. The zero-order chi connectivity index (χ0) is 15.6. The number of nitrogens with zero attached hydrogens (tertiary/aromatic N) is 1. The number of hydrogen-bond donors (Lipinski definition) is 1. The third-order valence-electron chi connectivity index (χ3n) is 4.43. The molecule has 118 valence electrons. The van der Waals surface area contributed by atoms with E-state index in [1.807, 2.05) is 0 Å². The minimum atomic E-state index is -0.797. The van der Waals surface area contributed by atoms with Gasteiger partial charge in [-0.25, -0.2) is 4.39 Å². The highest BCUT2D eigenvalue weighted by molar-refractivity contribution is 6.01. The van der Waals surface area contributed by atoms with E-state index >= 15 is 0 Å². The third-order valence-corrected chi connectivity index (χ3v) is 4.43. The molecule has 22 heavy (non-hydrogen) atoms. The van der Waals surface area contributed by atoms with E-state index in [0.717, 1.165) is 11.3 Å². The number of aliphatic carboxylic acids is 1. The molecular formula is C16H18FNO4. The molecular weight excluding hydrogens is 289 g/mol. The van der Waals surface area contributed by atoms with Crippen LogP contribution < -0.4 is 0 Å². The maximum absolute atomic E-state index is 13.0. The van der Waals surface area contributed by atoms with E-state index in [4.69, 9.17) is 9.57 Å². The summed E-state index contributed by atoms with van der Waals surface area (Å²) >= 11 is 0. The molecule has 0 radical (unpaired) electrons. The molecule has 0 spiro atoms. The molecule has 3 rings (SSSR count). The molecule has 1 saturated heterocycles. The Morgan fingerprint density at radius 2 is 2.00 bits per heavy atom. The summed E-state index contributed by atoms with van der Waals surface area (Å²) in [6, 6.07) is 6.06. The Morgan fingerprint density at radius 1 is 1.32 bits per heavy atom. The van der Waals surface area contributed by atoms with Gasteiger partial charge in [0.15, 0.2) is 0 Å². The molecule has 0 unspecified atom stereocenters. The summed E-state index contributed by atoms with van der Waals surface area (Å²) in [6.45, 7) is 0.926. The van der Waals surface area contributed by atoms with Crippen LogP contribution in [0.2, 0.25) is 0 Å². The Balaban J connectivity index is 1.66. The standard InChI is InChI=1S/C16H18FNO4/c17-12-3-1-11(2-4-12)14-9-13(22-18-14)10-16(15(19)20)5-7-21-8-6-16/h1-4,13H,5-10H2,(H,19,20)/t13-/m1/s1. The van der Waals surface area contributed by atoms with Crippen LogP contribution >= 0.6 is 0 Å². The van der Waals surface area contributed by atoms with Crippen LogP contribution in [0.15, 0.2) is 29.4 Å². The fourth-order valence-corrected chi connectivity index (χ4v) is 3.05. The van der Waals surface area contributed by atoms with Crippen molar-refractivity contribution in [2.24, 2.45) is 10.6 Å². The van der Waals surface area contributed by atoms with Crippen molar-refractivity contribution < 1.29 is 23.9 Å². The van der Waals surface area contributed by atoms with Gasteiger partial charge >= 0.3 is 5.97 Å². The van der Waals surface area contributed by atoms with Crippen molar-refractivity contribution in [3.8, 4) is 0 Å². The zero-order valence-corrected chi connectivity index (χ0v) is 12.1. The minimum Gasteiger partial charge on any atom is -0.481 e. The number of hydrogen-bond acceptors (Lipinski definition) is 4. The molecule has 2 aliphatic rings. The van der Waals surface area contributed by atoms with Crippen molar-refractivity contribution in [3.05, 3.63) is 35.6 Å². The molecule has 1 fully saturated rings. The third kappa shape index (κ3) is 2.97. The minimum absolute atomic E-state index is 0.255. The molecule has 0 amide bonds. The van der Waals surface area contributed by atoms with Crippen molar-refractivity contribution in [3.63, 3.8) is 0 Å².